The number of likely N-dealkylation sites (N-methyl/N-ethyl adjacent to an activating group) is 1. The molecule has 1 heterocycles. The Morgan fingerprint density at radius 1 is 1.56 bits per heavy atom. The highest BCUT2D eigenvalue weighted by molar-refractivity contribution is 5.91. The molecular formula is C13H21N5. The maximum Gasteiger partial charge on any atom is 0.194 e. The third-order valence-electron chi connectivity index (χ3n) is 3.20. The number of nitrogens with two attached hydrogens (primary N) is 1. The van der Waals surface area contributed by atoms with Crippen LogP contribution in [0.3, 0.4) is 0 Å². The molecule has 1 atom stereocenters. The Bertz CT molecular complexity index is 395. The van der Waals surface area contributed by atoms with Crippen LogP contribution in [0.2, 0.25) is 0 Å². The first-order valence-corrected chi connectivity index (χ1v) is 6.31. The summed E-state index contributed by atoms with van der Waals surface area (Å²) in [5.74, 6) is 1.94. The van der Waals surface area contributed by atoms with Gasteiger partial charge >= 0.3 is 0 Å². The molecule has 18 heavy (non-hydrogen) atoms. The van der Waals surface area contributed by atoms with E-state index >= 15 is 0 Å². The number of hydrogen-bond acceptors (Lipinski definition) is 3. The van der Waals surface area contributed by atoms with Crippen LogP contribution < -0.4 is 11.1 Å². The third kappa shape index (κ3) is 3.70. The van der Waals surface area contributed by atoms with Crippen molar-refractivity contribution in [3.63, 3.8) is 0 Å². The summed E-state index contributed by atoms with van der Waals surface area (Å²) in [4.78, 5) is 10.8. The fourth-order valence-electron chi connectivity index (χ4n) is 2.01. The second-order valence-electron chi connectivity index (χ2n) is 4.93. The minimum absolute atomic E-state index is 0.432. The SMILES string of the molecule is CN(C)C(CN=C(N)Nc1ccccn1)C1CC1. The van der Waals surface area contributed by atoms with E-state index in [1.807, 2.05) is 18.2 Å². The van der Waals surface area contributed by atoms with Gasteiger partial charge in [-0.1, -0.05) is 6.07 Å². The average molecular weight is 247 g/mol. The fourth-order valence-corrected chi connectivity index (χ4v) is 2.01. The molecule has 1 fully saturated rings. The molecule has 1 unspecified atom stereocenters. The van der Waals surface area contributed by atoms with Gasteiger partial charge in [0, 0.05) is 12.2 Å². The highest BCUT2D eigenvalue weighted by Gasteiger charge is 2.32. The van der Waals surface area contributed by atoms with E-state index in [1.165, 1.54) is 12.8 Å². The van der Waals surface area contributed by atoms with Gasteiger partial charge in [-0.15, -0.1) is 0 Å². The van der Waals surface area contributed by atoms with E-state index in [0.717, 1.165) is 18.3 Å². The van der Waals surface area contributed by atoms with Gasteiger partial charge in [0.1, 0.15) is 5.82 Å². The Labute approximate surface area is 108 Å². The van der Waals surface area contributed by atoms with Crippen LogP contribution in [0.4, 0.5) is 5.82 Å². The van der Waals surface area contributed by atoms with Crippen molar-refractivity contribution in [1.29, 1.82) is 0 Å². The first kappa shape index (κ1) is 12.8. The van der Waals surface area contributed by atoms with Gasteiger partial charge in [0.05, 0.1) is 6.54 Å². The number of guanidine groups is 1. The molecule has 5 nitrogen and oxygen atoms in total. The summed E-state index contributed by atoms with van der Waals surface area (Å²) in [6.07, 6.45) is 4.35. The van der Waals surface area contributed by atoms with Crippen LogP contribution in [-0.4, -0.2) is 42.5 Å². The lowest BCUT2D eigenvalue weighted by Crippen LogP contribution is -2.34. The van der Waals surface area contributed by atoms with E-state index in [2.05, 4.69) is 34.3 Å². The molecule has 0 amide bonds. The maximum absolute atomic E-state index is 5.86. The Morgan fingerprint density at radius 3 is 2.89 bits per heavy atom. The number of nitrogens with zero attached hydrogens (tertiary/aromatic N) is 3. The Morgan fingerprint density at radius 2 is 2.33 bits per heavy atom. The summed E-state index contributed by atoms with van der Waals surface area (Å²) >= 11 is 0. The van der Waals surface area contributed by atoms with Crippen LogP contribution in [0.25, 0.3) is 0 Å². The van der Waals surface area contributed by atoms with Gasteiger partial charge in [-0.25, -0.2) is 4.98 Å². The van der Waals surface area contributed by atoms with E-state index < -0.39 is 0 Å². The van der Waals surface area contributed by atoms with Crippen LogP contribution in [0.5, 0.6) is 0 Å². The van der Waals surface area contributed by atoms with Crippen LogP contribution in [0.15, 0.2) is 29.4 Å². The third-order valence-corrected chi connectivity index (χ3v) is 3.20. The highest BCUT2D eigenvalue weighted by Crippen LogP contribution is 2.34. The summed E-state index contributed by atoms with van der Waals surface area (Å²) in [5, 5.41) is 2.99. The minimum atomic E-state index is 0.432. The number of anilines is 1. The molecule has 1 saturated carbocycles. The lowest BCUT2D eigenvalue weighted by atomic mass is 10.2. The molecule has 1 aliphatic carbocycles. The van der Waals surface area contributed by atoms with Gasteiger partial charge in [0.15, 0.2) is 5.96 Å². The molecule has 0 radical (unpaired) electrons. The zero-order valence-corrected chi connectivity index (χ0v) is 11.0. The monoisotopic (exact) mass is 247 g/mol. The van der Waals surface area contributed by atoms with Gasteiger partial charge in [-0.2, -0.15) is 0 Å². The fraction of sp³-hybridized carbons (Fsp3) is 0.538. The molecule has 2 rings (SSSR count). The predicted octanol–water partition coefficient (Wildman–Crippen LogP) is 1.15. The zero-order chi connectivity index (χ0) is 13.0. The van der Waals surface area contributed by atoms with Crippen molar-refractivity contribution in [1.82, 2.24) is 9.88 Å². The maximum atomic E-state index is 5.86. The van der Waals surface area contributed by atoms with Crippen molar-refractivity contribution in [2.24, 2.45) is 16.6 Å². The first-order chi connectivity index (χ1) is 8.66. The van der Waals surface area contributed by atoms with E-state index in [1.54, 1.807) is 6.20 Å². The van der Waals surface area contributed by atoms with Crippen molar-refractivity contribution >= 4 is 11.8 Å². The highest BCUT2D eigenvalue weighted by atomic mass is 15.2. The standard InChI is InChI=1S/C13H21N5/c1-18(2)11(10-6-7-10)9-16-13(14)17-12-5-3-4-8-15-12/h3-5,8,10-11H,6-7,9H2,1-2H3,(H3,14,15,16,17). The molecule has 1 aromatic rings. The lowest BCUT2D eigenvalue weighted by Gasteiger charge is -2.22. The minimum Gasteiger partial charge on any atom is -0.370 e. The second-order valence-corrected chi connectivity index (χ2v) is 4.93. The summed E-state index contributed by atoms with van der Waals surface area (Å²) in [7, 11) is 4.20. The molecule has 1 aliphatic rings. The smallest absolute Gasteiger partial charge is 0.194 e. The van der Waals surface area contributed by atoms with E-state index in [0.29, 0.717) is 12.0 Å². The summed E-state index contributed by atoms with van der Waals surface area (Å²) < 4.78 is 0. The van der Waals surface area contributed by atoms with Crippen LogP contribution in [0, 0.1) is 5.92 Å². The summed E-state index contributed by atoms with van der Waals surface area (Å²) in [6, 6.07) is 6.14. The van der Waals surface area contributed by atoms with E-state index in [-0.39, 0.29) is 0 Å². The van der Waals surface area contributed by atoms with E-state index in [4.69, 9.17) is 5.73 Å². The average Bonchev–Trinajstić information content (AvgIpc) is 3.14. The van der Waals surface area contributed by atoms with E-state index in [9.17, 15) is 0 Å². The molecule has 5 heteroatoms. The molecule has 0 saturated heterocycles. The molecule has 0 aromatic carbocycles. The number of nitrogens with one attached hydrogen (secondary N) is 1. The van der Waals surface area contributed by atoms with Crippen molar-refractivity contribution < 1.29 is 0 Å². The summed E-state index contributed by atoms with van der Waals surface area (Å²) in [6.45, 7) is 0.739. The summed E-state index contributed by atoms with van der Waals surface area (Å²) in [5.41, 5.74) is 5.86. The number of aromatic nitrogens is 1. The Hall–Kier alpha value is -1.62. The molecule has 3 N–H and O–H groups in total. The molecule has 0 spiro atoms. The van der Waals surface area contributed by atoms with Gasteiger partial charge in [0.2, 0.25) is 0 Å². The van der Waals surface area contributed by atoms with Gasteiger partial charge in [-0.05, 0) is 45.0 Å². The molecular weight excluding hydrogens is 226 g/mol. The Kier molecular flexibility index (Phi) is 4.15. The van der Waals surface area contributed by atoms with Gasteiger partial charge < -0.3 is 16.0 Å². The molecule has 98 valence electrons. The normalized spacial score (nSPS) is 17.8. The lowest BCUT2D eigenvalue weighted by molar-refractivity contribution is 0.271. The van der Waals surface area contributed by atoms with Gasteiger partial charge in [-0.3, -0.25) is 4.99 Å². The van der Waals surface area contributed by atoms with Crippen molar-refractivity contribution in [2.45, 2.75) is 18.9 Å². The van der Waals surface area contributed by atoms with Crippen LogP contribution >= 0.6 is 0 Å². The topological polar surface area (TPSA) is 66.5 Å². The quantitative estimate of drug-likeness (QED) is 0.605. The van der Waals surface area contributed by atoms with Crippen LogP contribution in [0.1, 0.15) is 12.8 Å². The number of rotatable bonds is 5. The number of aliphatic imine (C=N–C) groups is 1. The predicted molar refractivity (Wildman–Crippen MR) is 74.5 cm³/mol. The Balaban J connectivity index is 1.88. The largest absolute Gasteiger partial charge is 0.370 e. The van der Waals surface area contributed by atoms with Crippen molar-refractivity contribution in [3.8, 4) is 0 Å². The number of pyridine rings is 1. The molecule has 0 aliphatic heterocycles. The van der Waals surface area contributed by atoms with Crippen molar-refractivity contribution in [2.75, 3.05) is 26.0 Å². The first-order valence-electron chi connectivity index (χ1n) is 6.31. The van der Waals surface area contributed by atoms with Gasteiger partial charge in [0.25, 0.3) is 0 Å². The number of hydrogen-bond donors (Lipinski definition) is 2. The zero-order valence-electron chi connectivity index (χ0n) is 11.0. The van der Waals surface area contributed by atoms with Crippen molar-refractivity contribution in [3.05, 3.63) is 24.4 Å². The second kappa shape index (κ2) is 5.82. The molecule has 0 bridgehead atoms. The van der Waals surface area contributed by atoms with Crippen LogP contribution in [-0.2, 0) is 0 Å². The molecule has 1 aromatic heterocycles.